The van der Waals surface area contributed by atoms with Crippen LogP contribution in [0.4, 0.5) is 0 Å². The molecule has 1 saturated heterocycles. The van der Waals surface area contributed by atoms with Gasteiger partial charge in [-0.2, -0.15) is 0 Å². The first-order chi connectivity index (χ1) is 10.5. The fourth-order valence-corrected chi connectivity index (χ4v) is 2.72. The van der Waals surface area contributed by atoms with Gasteiger partial charge in [-0.05, 0) is 25.0 Å². The fraction of sp³-hybridized carbons (Fsp3) is 0.625. The zero-order chi connectivity index (χ0) is 16.3. The summed E-state index contributed by atoms with van der Waals surface area (Å²) in [6.45, 7) is 7.31. The molecule has 6 heteroatoms. The smallest absolute Gasteiger partial charge is 0.289 e. The fourth-order valence-electron chi connectivity index (χ4n) is 2.72. The lowest BCUT2D eigenvalue weighted by Crippen LogP contribution is -2.52. The Labute approximate surface area is 130 Å². The molecule has 0 aromatic carbocycles. The van der Waals surface area contributed by atoms with Gasteiger partial charge in [0.05, 0.1) is 0 Å². The molecule has 6 nitrogen and oxygen atoms in total. The number of aliphatic hydroxyl groups excluding tert-OH is 1. The van der Waals surface area contributed by atoms with E-state index in [0.717, 1.165) is 24.2 Å². The predicted molar refractivity (Wildman–Crippen MR) is 81.6 cm³/mol. The van der Waals surface area contributed by atoms with Gasteiger partial charge in [-0.25, -0.2) is 0 Å². The average molecular weight is 308 g/mol. The monoisotopic (exact) mass is 308 g/mol. The first-order valence-corrected chi connectivity index (χ1v) is 7.85. The SMILES string of the molecule is CCc1cc(C(=O)N2CCN(C(=O)C(C)O)CC2)oc1CC. The van der Waals surface area contributed by atoms with Crippen molar-refractivity contribution in [2.45, 2.75) is 39.7 Å². The van der Waals surface area contributed by atoms with E-state index >= 15 is 0 Å². The van der Waals surface area contributed by atoms with E-state index in [1.807, 2.05) is 19.9 Å². The number of rotatable bonds is 4. The van der Waals surface area contributed by atoms with E-state index in [1.54, 1.807) is 9.80 Å². The molecule has 0 bridgehead atoms. The lowest BCUT2D eigenvalue weighted by Gasteiger charge is -2.34. The van der Waals surface area contributed by atoms with E-state index in [4.69, 9.17) is 4.42 Å². The molecule has 1 unspecified atom stereocenters. The standard InChI is InChI=1S/C16H24N2O4/c1-4-12-10-14(22-13(12)5-2)16(21)18-8-6-17(7-9-18)15(20)11(3)19/h10-11,19H,4-9H2,1-3H3. The van der Waals surface area contributed by atoms with Crippen molar-refractivity contribution in [3.8, 4) is 0 Å². The molecule has 1 N–H and O–H groups in total. The van der Waals surface area contributed by atoms with E-state index < -0.39 is 6.10 Å². The van der Waals surface area contributed by atoms with Gasteiger partial charge >= 0.3 is 0 Å². The van der Waals surface area contributed by atoms with Gasteiger partial charge in [0.2, 0.25) is 0 Å². The van der Waals surface area contributed by atoms with Crippen molar-refractivity contribution in [2.75, 3.05) is 26.2 Å². The highest BCUT2D eigenvalue weighted by atomic mass is 16.4. The third kappa shape index (κ3) is 3.32. The number of nitrogens with zero attached hydrogens (tertiary/aromatic N) is 2. The van der Waals surface area contributed by atoms with Crippen molar-refractivity contribution >= 4 is 11.8 Å². The highest BCUT2D eigenvalue weighted by molar-refractivity contribution is 5.92. The zero-order valence-corrected chi connectivity index (χ0v) is 13.5. The molecular weight excluding hydrogens is 284 g/mol. The average Bonchev–Trinajstić information content (AvgIpc) is 2.96. The van der Waals surface area contributed by atoms with Crippen LogP contribution in [0.25, 0.3) is 0 Å². The molecule has 1 aromatic heterocycles. The molecule has 0 radical (unpaired) electrons. The second kappa shape index (κ2) is 6.96. The lowest BCUT2D eigenvalue weighted by atomic mass is 10.1. The molecule has 1 fully saturated rings. The molecule has 0 spiro atoms. The Bertz CT molecular complexity index is 521. The van der Waals surface area contributed by atoms with E-state index in [9.17, 15) is 14.7 Å². The van der Waals surface area contributed by atoms with Gasteiger partial charge in [0.25, 0.3) is 11.8 Å². The topological polar surface area (TPSA) is 74.0 Å². The van der Waals surface area contributed by atoms with Gasteiger partial charge in [0, 0.05) is 32.6 Å². The largest absolute Gasteiger partial charge is 0.456 e. The Morgan fingerprint density at radius 1 is 1.18 bits per heavy atom. The number of hydrogen-bond acceptors (Lipinski definition) is 4. The second-order valence-corrected chi connectivity index (χ2v) is 5.56. The number of hydrogen-bond donors (Lipinski definition) is 1. The number of carbonyl (C=O) groups is 2. The van der Waals surface area contributed by atoms with Crippen LogP contribution in [0.1, 0.15) is 42.6 Å². The van der Waals surface area contributed by atoms with E-state index in [1.165, 1.54) is 6.92 Å². The molecule has 1 aliphatic heterocycles. The lowest BCUT2D eigenvalue weighted by molar-refractivity contribution is -0.140. The molecular formula is C16H24N2O4. The van der Waals surface area contributed by atoms with Gasteiger partial charge in [0.1, 0.15) is 11.9 Å². The van der Waals surface area contributed by atoms with Crippen molar-refractivity contribution in [1.29, 1.82) is 0 Å². The van der Waals surface area contributed by atoms with E-state index in [2.05, 4.69) is 0 Å². The normalized spacial score (nSPS) is 16.7. The molecule has 0 saturated carbocycles. The second-order valence-electron chi connectivity index (χ2n) is 5.56. The summed E-state index contributed by atoms with van der Waals surface area (Å²) in [5, 5.41) is 9.33. The molecule has 22 heavy (non-hydrogen) atoms. The zero-order valence-electron chi connectivity index (χ0n) is 13.5. The van der Waals surface area contributed by atoms with Crippen LogP contribution >= 0.6 is 0 Å². The van der Waals surface area contributed by atoms with Gasteiger partial charge < -0.3 is 19.3 Å². The van der Waals surface area contributed by atoms with Crippen LogP contribution in [-0.2, 0) is 17.6 Å². The number of aryl methyl sites for hydroxylation is 2. The minimum Gasteiger partial charge on any atom is -0.456 e. The number of amides is 2. The Balaban J connectivity index is 2.00. The molecule has 2 heterocycles. The van der Waals surface area contributed by atoms with E-state index in [-0.39, 0.29) is 11.8 Å². The van der Waals surface area contributed by atoms with Gasteiger partial charge in [-0.3, -0.25) is 9.59 Å². The maximum atomic E-state index is 12.5. The summed E-state index contributed by atoms with van der Waals surface area (Å²) < 4.78 is 5.67. The maximum Gasteiger partial charge on any atom is 0.289 e. The Morgan fingerprint density at radius 3 is 2.23 bits per heavy atom. The summed E-state index contributed by atoms with van der Waals surface area (Å²) in [7, 11) is 0. The van der Waals surface area contributed by atoms with Crippen molar-refractivity contribution in [1.82, 2.24) is 9.80 Å². The summed E-state index contributed by atoms with van der Waals surface area (Å²) in [6.07, 6.45) is 0.621. The third-order valence-electron chi connectivity index (χ3n) is 4.05. The molecule has 1 atom stereocenters. The molecule has 1 aliphatic rings. The van der Waals surface area contributed by atoms with E-state index in [0.29, 0.717) is 31.9 Å². The van der Waals surface area contributed by atoms with Crippen molar-refractivity contribution in [3.63, 3.8) is 0 Å². The highest BCUT2D eigenvalue weighted by Crippen LogP contribution is 2.19. The van der Waals surface area contributed by atoms with Gasteiger partial charge in [-0.1, -0.05) is 13.8 Å². The van der Waals surface area contributed by atoms with Gasteiger partial charge in [-0.15, -0.1) is 0 Å². The number of carbonyl (C=O) groups excluding carboxylic acids is 2. The quantitative estimate of drug-likeness (QED) is 0.903. The van der Waals surface area contributed by atoms with Crippen LogP contribution < -0.4 is 0 Å². The van der Waals surface area contributed by atoms with Crippen LogP contribution in [0.15, 0.2) is 10.5 Å². The molecule has 2 amide bonds. The maximum absolute atomic E-state index is 12.5. The summed E-state index contributed by atoms with van der Waals surface area (Å²) in [4.78, 5) is 27.5. The summed E-state index contributed by atoms with van der Waals surface area (Å²) in [5.41, 5.74) is 1.08. The first kappa shape index (κ1) is 16.5. The number of aliphatic hydroxyl groups is 1. The van der Waals surface area contributed by atoms with Crippen LogP contribution in [0.3, 0.4) is 0 Å². The molecule has 122 valence electrons. The van der Waals surface area contributed by atoms with Crippen LogP contribution in [0.5, 0.6) is 0 Å². The minimum absolute atomic E-state index is 0.126. The number of furan rings is 1. The van der Waals surface area contributed by atoms with Crippen molar-refractivity contribution in [3.05, 3.63) is 23.2 Å². The summed E-state index contributed by atoms with van der Waals surface area (Å²) in [6, 6.07) is 1.83. The molecule has 1 aromatic rings. The van der Waals surface area contributed by atoms with Crippen LogP contribution in [0.2, 0.25) is 0 Å². The Hall–Kier alpha value is -1.82. The Kier molecular flexibility index (Phi) is 5.24. The summed E-state index contributed by atoms with van der Waals surface area (Å²) >= 11 is 0. The third-order valence-corrected chi connectivity index (χ3v) is 4.05. The predicted octanol–water partition coefficient (Wildman–Crippen LogP) is 1.07. The van der Waals surface area contributed by atoms with Gasteiger partial charge in [0.15, 0.2) is 5.76 Å². The Morgan fingerprint density at radius 2 is 1.77 bits per heavy atom. The van der Waals surface area contributed by atoms with Crippen molar-refractivity contribution in [2.24, 2.45) is 0 Å². The summed E-state index contributed by atoms with van der Waals surface area (Å²) in [5.74, 6) is 0.836. The van der Waals surface area contributed by atoms with Crippen LogP contribution in [0, 0.1) is 0 Å². The number of piperazine rings is 1. The highest BCUT2D eigenvalue weighted by Gasteiger charge is 2.28. The van der Waals surface area contributed by atoms with Crippen LogP contribution in [-0.4, -0.2) is 59.0 Å². The first-order valence-electron chi connectivity index (χ1n) is 7.85. The molecule has 2 rings (SSSR count). The molecule has 0 aliphatic carbocycles. The van der Waals surface area contributed by atoms with Crippen molar-refractivity contribution < 1.29 is 19.1 Å². The minimum atomic E-state index is -0.994.